The summed E-state index contributed by atoms with van der Waals surface area (Å²) in [5.74, 6) is -1.59. The molecular formula is C25H30FN5O5. The molecule has 2 fully saturated rings. The molecule has 2 heterocycles. The number of hydrazine groups is 1. The number of likely N-dealkylation sites (N-methyl/N-ethyl adjacent to an activating group) is 1. The number of benzene rings is 2. The number of amides is 2. The minimum absolute atomic E-state index is 0.208. The molecule has 10 nitrogen and oxygen atoms in total. The maximum absolute atomic E-state index is 15.2. The number of nitrogens with zero attached hydrogens (tertiary/aromatic N) is 4. The zero-order valence-electron chi connectivity index (χ0n) is 20.3. The molecule has 0 radical (unpaired) electrons. The molecule has 0 aromatic heterocycles. The summed E-state index contributed by atoms with van der Waals surface area (Å²) >= 11 is 0. The number of carboxylic acid groups (broad SMARTS) is 1. The highest BCUT2D eigenvalue weighted by Gasteiger charge is 2.33. The first-order chi connectivity index (χ1) is 17.2. The number of hydrogen-bond acceptors (Lipinski definition) is 7. The van der Waals surface area contributed by atoms with Crippen LogP contribution >= 0.6 is 0 Å². The van der Waals surface area contributed by atoms with E-state index in [2.05, 4.69) is 15.3 Å². The van der Waals surface area contributed by atoms with Crippen molar-refractivity contribution in [3.05, 3.63) is 59.4 Å². The highest BCUT2D eigenvalue weighted by molar-refractivity contribution is 5.90. The van der Waals surface area contributed by atoms with Crippen LogP contribution in [-0.4, -0.2) is 85.5 Å². The molecule has 11 heteroatoms. The smallest absolute Gasteiger partial charge is 0.414 e. The average molecular weight is 500 g/mol. The summed E-state index contributed by atoms with van der Waals surface area (Å²) < 4.78 is 20.5. The number of hydrogen-bond donors (Lipinski definition) is 2. The lowest BCUT2D eigenvalue weighted by atomic mass is 10.1. The number of ether oxygens (including phenoxy) is 1. The van der Waals surface area contributed by atoms with Crippen molar-refractivity contribution in [1.82, 2.24) is 15.3 Å². The van der Waals surface area contributed by atoms with Gasteiger partial charge < -0.3 is 20.1 Å². The Bertz CT molecular complexity index is 1130. The van der Waals surface area contributed by atoms with Gasteiger partial charge in [-0.05, 0) is 35.9 Å². The van der Waals surface area contributed by atoms with Crippen LogP contribution in [0.25, 0.3) is 0 Å². The van der Waals surface area contributed by atoms with Crippen LogP contribution in [0, 0.1) is 5.82 Å². The maximum Gasteiger partial charge on any atom is 0.414 e. The summed E-state index contributed by atoms with van der Waals surface area (Å²) in [7, 11) is 1.98. The average Bonchev–Trinajstić information content (AvgIpc) is 3.13. The summed E-state index contributed by atoms with van der Waals surface area (Å²) in [6, 6.07) is 11.5. The van der Waals surface area contributed by atoms with E-state index in [0.29, 0.717) is 44.1 Å². The van der Waals surface area contributed by atoms with E-state index in [4.69, 9.17) is 9.84 Å². The minimum atomic E-state index is -0.955. The summed E-state index contributed by atoms with van der Waals surface area (Å²) in [6.07, 6.45) is -1.06. The number of carboxylic acids is 1. The van der Waals surface area contributed by atoms with Crippen LogP contribution in [0.1, 0.15) is 22.8 Å². The Hall–Kier alpha value is -3.70. The first kappa shape index (κ1) is 25.4. The molecule has 192 valence electrons. The monoisotopic (exact) mass is 499 g/mol. The molecule has 2 amide bonds. The second kappa shape index (κ2) is 10.9. The van der Waals surface area contributed by atoms with Gasteiger partial charge in [0.05, 0.1) is 30.0 Å². The lowest BCUT2D eigenvalue weighted by Gasteiger charge is -2.29. The third kappa shape index (κ3) is 5.92. The summed E-state index contributed by atoms with van der Waals surface area (Å²) in [5, 5.41) is 15.9. The fourth-order valence-electron chi connectivity index (χ4n) is 4.35. The van der Waals surface area contributed by atoms with Crippen LogP contribution in [0.5, 0.6) is 0 Å². The normalized spacial score (nSPS) is 19.2. The van der Waals surface area contributed by atoms with Crippen LogP contribution < -0.4 is 15.1 Å². The van der Waals surface area contributed by atoms with Gasteiger partial charge in [-0.3, -0.25) is 9.69 Å². The molecule has 0 aliphatic carbocycles. The van der Waals surface area contributed by atoms with E-state index >= 15 is 4.39 Å². The standard InChI is InChI=1S/C25H30FN5O5/c1-17(32)27-14-21-16-31(25(35)36-21)20-7-8-23(22(26)13-20)29-10-9-28(2)30(12-11-29)15-18-3-5-19(6-4-18)24(33)34/h3-8,13,21H,9-12,14-16H2,1-2H3,(H,27,32)(H,33,34)/t21-/m0/s1. The van der Waals surface area contributed by atoms with Crippen molar-refractivity contribution in [2.45, 2.75) is 19.6 Å². The van der Waals surface area contributed by atoms with E-state index in [-0.39, 0.29) is 24.6 Å². The van der Waals surface area contributed by atoms with Crippen LogP contribution in [0.4, 0.5) is 20.6 Å². The predicted octanol–water partition coefficient (Wildman–Crippen LogP) is 2.15. The van der Waals surface area contributed by atoms with Gasteiger partial charge in [0.15, 0.2) is 0 Å². The van der Waals surface area contributed by atoms with Crippen molar-refractivity contribution in [3.8, 4) is 0 Å². The van der Waals surface area contributed by atoms with E-state index in [1.54, 1.807) is 24.3 Å². The van der Waals surface area contributed by atoms with Crippen molar-refractivity contribution in [2.24, 2.45) is 0 Å². The molecule has 0 bridgehead atoms. The lowest BCUT2D eigenvalue weighted by Crippen LogP contribution is -2.40. The van der Waals surface area contributed by atoms with Crippen molar-refractivity contribution in [1.29, 1.82) is 0 Å². The fourth-order valence-corrected chi connectivity index (χ4v) is 4.35. The molecule has 2 saturated heterocycles. The Balaban J connectivity index is 1.39. The SMILES string of the molecule is CC(=O)NC[C@H]1CN(c2ccc(N3CCN(C)N(Cc4ccc(C(=O)O)cc4)CC3)c(F)c2)C(=O)O1. The number of carbonyl (C=O) groups excluding carboxylic acids is 2. The van der Waals surface area contributed by atoms with Gasteiger partial charge in [-0.2, -0.15) is 0 Å². The van der Waals surface area contributed by atoms with Crippen LogP contribution in [-0.2, 0) is 16.1 Å². The number of cyclic esters (lactones) is 1. The van der Waals surface area contributed by atoms with Gasteiger partial charge in [0, 0.05) is 46.7 Å². The summed E-state index contributed by atoms with van der Waals surface area (Å²) in [5.41, 5.74) is 2.11. The lowest BCUT2D eigenvalue weighted by molar-refractivity contribution is -0.119. The van der Waals surface area contributed by atoms with Crippen LogP contribution in [0.15, 0.2) is 42.5 Å². The van der Waals surface area contributed by atoms with E-state index in [1.807, 2.05) is 24.1 Å². The number of carbonyl (C=O) groups is 3. The number of rotatable bonds is 7. The zero-order chi connectivity index (χ0) is 25.8. The highest BCUT2D eigenvalue weighted by Crippen LogP contribution is 2.28. The predicted molar refractivity (Wildman–Crippen MR) is 131 cm³/mol. The number of nitrogens with one attached hydrogen (secondary N) is 1. The Morgan fingerprint density at radius 3 is 2.50 bits per heavy atom. The van der Waals surface area contributed by atoms with Gasteiger partial charge >= 0.3 is 12.1 Å². The molecular weight excluding hydrogens is 469 g/mol. The Morgan fingerprint density at radius 2 is 1.83 bits per heavy atom. The highest BCUT2D eigenvalue weighted by atomic mass is 19.1. The van der Waals surface area contributed by atoms with Crippen molar-refractivity contribution in [2.75, 3.05) is 56.1 Å². The first-order valence-electron chi connectivity index (χ1n) is 11.8. The van der Waals surface area contributed by atoms with Crippen LogP contribution in [0.2, 0.25) is 0 Å². The Labute approximate surface area is 208 Å². The largest absolute Gasteiger partial charge is 0.478 e. The maximum atomic E-state index is 15.2. The quantitative estimate of drug-likeness (QED) is 0.597. The fraction of sp³-hybridized carbons (Fsp3) is 0.400. The van der Waals surface area contributed by atoms with Gasteiger partial charge in [0.2, 0.25) is 5.91 Å². The van der Waals surface area contributed by atoms with Gasteiger partial charge in [-0.25, -0.2) is 24.0 Å². The second-order valence-corrected chi connectivity index (χ2v) is 8.95. The third-order valence-corrected chi connectivity index (χ3v) is 6.41. The van der Waals surface area contributed by atoms with Crippen molar-refractivity contribution >= 4 is 29.3 Å². The number of anilines is 2. The van der Waals surface area contributed by atoms with E-state index < -0.39 is 24.0 Å². The molecule has 4 rings (SSSR count). The Kier molecular flexibility index (Phi) is 7.70. The molecule has 2 N–H and O–H groups in total. The van der Waals surface area contributed by atoms with Gasteiger partial charge in [0.25, 0.3) is 0 Å². The van der Waals surface area contributed by atoms with E-state index in [0.717, 1.165) is 5.56 Å². The summed E-state index contributed by atoms with van der Waals surface area (Å²) in [6.45, 7) is 4.99. The molecule has 1 atom stereocenters. The molecule has 2 aliphatic heterocycles. The number of aromatic carboxylic acids is 1. The summed E-state index contributed by atoms with van der Waals surface area (Å²) in [4.78, 5) is 37.8. The molecule has 2 aliphatic rings. The molecule has 2 aromatic carbocycles. The molecule has 0 saturated carbocycles. The molecule has 0 unspecified atom stereocenters. The number of halogens is 1. The van der Waals surface area contributed by atoms with E-state index in [1.165, 1.54) is 17.9 Å². The minimum Gasteiger partial charge on any atom is -0.478 e. The second-order valence-electron chi connectivity index (χ2n) is 8.95. The molecule has 36 heavy (non-hydrogen) atoms. The topological polar surface area (TPSA) is 106 Å². The van der Waals surface area contributed by atoms with Gasteiger partial charge in [-0.1, -0.05) is 12.1 Å². The molecule has 2 aromatic rings. The molecule has 0 spiro atoms. The Morgan fingerprint density at radius 1 is 1.11 bits per heavy atom. The van der Waals surface area contributed by atoms with Crippen molar-refractivity contribution < 1.29 is 28.6 Å². The van der Waals surface area contributed by atoms with Gasteiger partial charge in [0.1, 0.15) is 11.9 Å². The van der Waals surface area contributed by atoms with Gasteiger partial charge in [-0.15, -0.1) is 0 Å². The third-order valence-electron chi connectivity index (χ3n) is 6.41. The van der Waals surface area contributed by atoms with Crippen molar-refractivity contribution in [3.63, 3.8) is 0 Å². The zero-order valence-corrected chi connectivity index (χ0v) is 20.3. The van der Waals surface area contributed by atoms with E-state index in [9.17, 15) is 14.4 Å². The first-order valence-corrected chi connectivity index (χ1v) is 11.8. The van der Waals surface area contributed by atoms with Crippen LogP contribution in [0.3, 0.4) is 0 Å².